The molecule has 0 aliphatic carbocycles. The lowest BCUT2D eigenvalue weighted by Crippen LogP contribution is -2.44. The number of hydrogen-bond donors (Lipinski definition) is 2. The molecule has 1 amide bonds. The van der Waals surface area contributed by atoms with Gasteiger partial charge in [-0.3, -0.25) is 9.69 Å². The summed E-state index contributed by atoms with van der Waals surface area (Å²) in [7, 11) is 0. The van der Waals surface area contributed by atoms with Crippen molar-refractivity contribution in [2.75, 3.05) is 19.6 Å². The van der Waals surface area contributed by atoms with Crippen molar-refractivity contribution in [3.63, 3.8) is 0 Å². The molecule has 0 radical (unpaired) electrons. The van der Waals surface area contributed by atoms with E-state index in [4.69, 9.17) is 0 Å². The molecule has 4 heteroatoms. The second-order valence-electron chi connectivity index (χ2n) is 5.46. The largest absolute Gasteiger partial charge is 0.393 e. The van der Waals surface area contributed by atoms with Crippen LogP contribution in [-0.2, 0) is 4.79 Å². The molecule has 2 saturated heterocycles. The van der Waals surface area contributed by atoms with Crippen LogP contribution in [-0.4, -0.2) is 47.7 Å². The standard InChI is InChI=1S/C13H24N2O2/c1-10(16)11-4-7-15(8-5-11)12-3-2-6-14-13(17)9-12/h10-12,16H,2-9H2,1H3,(H,14,17). The van der Waals surface area contributed by atoms with Gasteiger partial charge in [-0.05, 0) is 51.6 Å². The molecule has 0 aromatic carbocycles. The van der Waals surface area contributed by atoms with E-state index in [9.17, 15) is 9.90 Å². The molecule has 2 aliphatic heterocycles. The fourth-order valence-electron chi connectivity index (χ4n) is 3.03. The van der Waals surface area contributed by atoms with Crippen molar-refractivity contribution in [3.05, 3.63) is 0 Å². The van der Waals surface area contributed by atoms with Crippen LogP contribution >= 0.6 is 0 Å². The Morgan fingerprint density at radius 1 is 1.35 bits per heavy atom. The Hall–Kier alpha value is -0.610. The topological polar surface area (TPSA) is 52.6 Å². The Kier molecular flexibility index (Phi) is 4.40. The van der Waals surface area contributed by atoms with Crippen LogP contribution in [0.3, 0.4) is 0 Å². The molecule has 0 spiro atoms. The lowest BCUT2D eigenvalue weighted by Gasteiger charge is -2.37. The predicted molar refractivity (Wildman–Crippen MR) is 66.6 cm³/mol. The zero-order valence-electron chi connectivity index (χ0n) is 10.7. The number of piperidine rings is 1. The van der Waals surface area contributed by atoms with Crippen LogP contribution < -0.4 is 5.32 Å². The van der Waals surface area contributed by atoms with Crippen LogP contribution in [0, 0.1) is 5.92 Å². The molecule has 0 aromatic heterocycles. The van der Waals surface area contributed by atoms with Crippen molar-refractivity contribution in [2.24, 2.45) is 5.92 Å². The van der Waals surface area contributed by atoms with E-state index in [-0.39, 0.29) is 12.0 Å². The van der Waals surface area contributed by atoms with Gasteiger partial charge in [-0.1, -0.05) is 0 Å². The second kappa shape index (κ2) is 5.83. The summed E-state index contributed by atoms with van der Waals surface area (Å²) in [6, 6.07) is 0.424. The van der Waals surface area contributed by atoms with Gasteiger partial charge in [0, 0.05) is 19.0 Å². The maximum atomic E-state index is 11.5. The second-order valence-corrected chi connectivity index (χ2v) is 5.46. The highest BCUT2D eigenvalue weighted by atomic mass is 16.3. The van der Waals surface area contributed by atoms with E-state index in [0.717, 1.165) is 45.3 Å². The van der Waals surface area contributed by atoms with E-state index in [1.807, 2.05) is 6.92 Å². The van der Waals surface area contributed by atoms with E-state index < -0.39 is 0 Å². The number of aliphatic hydroxyl groups is 1. The average Bonchev–Trinajstić information content (AvgIpc) is 2.54. The van der Waals surface area contributed by atoms with Gasteiger partial charge >= 0.3 is 0 Å². The SMILES string of the molecule is CC(O)C1CCN(C2CCCNC(=O)C2)CC1. The third kappa shape index (κ3) is 3.42. The van der Waals surface area contributed by atoms with Crippen molar-refractivity contribution < 1.29 is 9.90 Å². The summed E-state index contributed by atoms with van der Waals surface area (Å²) in [6.45, 7) is 4.79. The summed E-state index contributed by atoms with van der Waals surface area (Å²) < 4.78 is 0. The predicted octanol–water partition coefficient (Wildman–Crippen LogP) is 0.748. The number of hydrogen-bond acceptors (Lipinski definition) is 3. The number of nitrogens with zero attached hydrogens (tertiary/aromatic N) is 1. The molecule has 0 aromatic rings. The number of aliphatic hydroxyl groups excluding tert-OH is 1. The van der Waals surface area contributed by atoms with Crippen LogP contribution in [0.4, 0.5) is 0 Å². The minimum Gasteiger partial charge on any atom is -0.393 e. The van der Waals surface area contributed by atoms with Crippen LogP contribution in [0.25, 0.3) is 0 Å². The molecule has 2 atom stereocenters. The molecule has 2 N–H and O–H groups in total. The first-order valence-electron chi connectivity index (χ1n) is 6.85. The molecule has 2 aliphatic rings. The van der Waals surface area contributed by atoms with Crippen LogP contribution in [0.15, 0.2) is 0 Å². The fraction of sp³-hybridized carbons (Fsp3) is 0.923. The highest BCUT2D eigenvalue weighted by Gasteiger charge is 2.29. The van der Waals surface area contributed by atoms with Gasteiger partial charge in [0.15, 0.2) is 0 Å². The highest BCUT2D eigenvalue weighted by molar-refractivity contribution is 5.76. The minimum absolute atomic E-state index is 0.186. The van der Waals surface area contributed by atoms with Gasteiger partial charge in [0.05, 0.1) is 6.10 Å². The van der Waals surface area contributed by atoms with Crippen molar-refractivity contribution in [1.29, 1.82) is 0 Å². The molecule has 2 heterocycles. The number of rotatable bonds is 2. The van der Waals surface area contributed by atoms with Crippen LogP contribution in [0.5, 0.6) is 0 Å². The summed E-state index contributed by atoms with van der Waals surface area (Å²) in [6.07, 6.45) is 4.81. The van der Waals surface area contributed by atoms with Crippen molar-refractivity contribution in [3.8, 4) is 0 Å². The molecular weight excluding hydrogens is 216 g/mol. The Bertz CT molecular complexity index is 260. The first-order chi connectivity index (χ1) is 8.16. The number of nitrogens with one attached hydrogen (secondary N) is 1. The summed E-state index contributed by atoms with van der Waals surface area (Å²) in [4.78, 5) is 14.0. The molecular formula is C13H24N2O2. The van der Waals surface area contributed by atoms with Crippen molar-refractivity contribution in [1.82, 2.24) is 10.2 Å². The first kappa shape index (κ1) is 12.8. The smallest absolute Gasteiger partial charge is 0.221 e. The van der Waals surface area contributed by atoms with Gasteiger partial charge in [-0.2, -0.15) is 0 Å². The van der Waals surface area contributed by atoms with Crippen molar-refractivity contribution in [2.45, 2.75) is 51.2 Å². The minimum atomic E-state index is -0.186. The van der Waals surface area contributed by atoms with E-state index in [1.54, 1.807) is 0 Å². The van der Waals surface area contributed by atoms with Gasteiger partial charge in [-0.25, -0.2) is 0 Å². The maximum Gasteiger partial charge on any atom is 0.221 e. The van der Waals surface area contributed by atoms with Gasteiger partial charge < -0.3 is 10.4 Å². The van der Waals surface area contributed by atoms with Crippen LogP contribution in [0.1, 0.15) is 39.0 Å². The molecule has 0 bridgehead atoms. The molecule has 98 valence electrons. The third-order valence-corrected chi connectivity index (χ3v) is 4.23. The normalized spacial score (nSPS) is 30.7. The Morgan fingerprint density at radius 2 is 2.06 bits per heavy atom. The quantitative estimate of drug-likeness (QED) is 0.749. The van der Waals surface area contributed by atoms with E-state index >= 15 is 0 Å². The zero-order chi connectivity index (χ0) is 12.3. The summed E-state index contributed by atoms with van der Waals surface area (Å²) in [5, 5.41) is 12.5. The van der Waals surface area contributed by atoms with Gasteiger partial charge in [0.1, 0.15) is 0 Å². The van der Waals surface area contributed by atoms with Gasteiger partial charge in [0.25, 0.3) is 0 Å². The van der Waals surface area contributed by atoms with E-state index in [1.165, 1.54) is 0 Å². The Balaban J connectivity index is 1.84. The highest BCUT2D eigenvalue weighted by Crippen LogP contribution is 2.24. The van der Waals surface area contributed by atoms with Gasteiger partial charge in [-0.15, -0.1) is 0 Å². The third-order valence-electron chi connectivity index (χ3n) is 4.23. The Morgan fingerprint density at radius 3 is 2.71 bits per heavy atom. The molecule has 4 nitrogen and oxygen atoms in total. The average molecular weight is 240 g/mol. The van der Waals surface area contributed by atoms with Crippen LogP contribution in [0.2, 0.25) is 0 Å². The lowest BCUT2D eigenvalue weighted by molar-refractivity contribution is -0.121. The zero-order valence-corrected chi connectivity index (χ0v) is 10.7. The van der Waals surface area contributed by atoms with E-state index in [2.05, 4.69) is 10.2 Å². The first-order valence-corrected chi connectivity index (χ1v) is 6.85. The van der Waals surface area contributed by atoms with E-state index in [0.29, 0.717) is 18.4 Å². The summed E-state index contributed by atoms with van der Waals surface area (Å²) >= 11 is 0. The molecule has 17 heavy (non-hydrogen) atoms. The molecule has 0 saturated carbocycles. The Labute approximate surface area is 103 Å². The summed E-state index contributed by atoms with van der Waals surface area (Å²) in [5.41, 5.74) is 0. The number of carbonyl (C=O) groups is 1. The number of carbonyl (C=O) groups excluding carboxylic acids is 1. The monoisotopic (exact) mass is 240 g/mol. The maximum absolute atomic E-state index is 11.5. The summed E-state index contributed by atoms with van der Waals surface area (Å²) in [5.74, 6) is 0.649. The molecule has 2 unspecified atom stereocenters. The fourth-order valence-corrected chi connectivity index (χ4v) is 3.03. The number of likely N-dealkylation sites (tertiary alicyclic amines) is 1. The van der Waals surface area contributed by atoms with Gasteiger partial charge in [0.2, 0.25) is 5.91 Å². The molecule has 2 rings (SSSR count). The molecule has 2 fully saturated rings. The lowest BCUT2D eigenvalue weighted by atomic mass is 9.90. The number of amides is 1. The van der Waals surface area contributed by atoms with Crippen molar-refractivity contribution >= 4 is 5.91 Å².